The molecular weight excluding hydrogens is 249 g/mol. The molecule has 0 unspecified atom stereocenters. The SMILES string of the molecule is Cc1cc(-c2ccc(F)cc2)ccc1C1=CCNCC1. The fraction of sp³-hybridized carbons (Fsp3) is 0.222. The quantitative estimate of drug-likeness (QED) is 0.860. The predicted molar refractivity (Wildman–Crippen MR) is 82.0 cm³/mol. The summed E-state index contributed by atoms with van der Waals surface area (Å²) >= 11 is 0. The highest BCUT2D eigenvalue weighted by Crippen LogP contribution is 2.28. The molecule has 0 amide bonds. The zero-order valence-corrected chi connectivity index (χ0v) is 11.6. The molecule has 2 aromatic rings. The van der Waals surface area contributed by atoms with E-state index in [0.29, 0.717) is 0 Å². The minimum Gasteiger partial charge on any atom is -0.313 e. The normalized spacial score (nSPS) is 15.0. The smallest absolute Gasteiger partial charge is 0.123 e. The number of halogens is 1. The van der Waals surface area contributed by atoms with E-state index in [9.17, 15) is 4.39 Å². The van der Waals surface area contributed by atoms with Crippen molar-refractivity contribution in [2.24, 2.45) is 0 Å². The van der Waals surface area contributed by atoms with Crippen molar-refractivity contribution in [1.29, 1.82) is 0 Å². The van der Waals surface area contributed by atoms with Crippen molar-refractivity contribution in [3.8, 4) is 11.1 Å². The molecule has 0 aliphatic carbocycles. The van der Waals surface area contributed by atoms with Gasteiger partial charge in [0.15, 0.2) is 0 Å². The zero-order valence-electron chi connectivity index (χ0n) is 11.6. The van der Waals surface area contributed by atoms with Gasteiger partial charge in [-0.15, -0.1) is 0 Å². The van der Waals surface area contributed by atoms with Crippen LogP contribution in [0.4, 0.5) is 4.39 Å². The molecule has 0 bridgehead atoms. The lowest BCUT2D eigenvalue weighted by Gasteiger charge is -2.17. The van der Waals surface area contributed by atoms with Crippen LogP contribution < -0.4 is 5.32 Å². The van der Waals surface area contributed by atoms with Gasteiger partial charge >= 0.3 is 0 Å². The summed E-state index contributed by atoms with van der Waals surface area (Å²) < 4.78 is 13.0. The monoisotopic (exact) mass is 267 g/mol. The van der Waals surface area contributed by atoms with Gasteiger partial charge in [0, 0.05) is 6.54 Å². The molecule has 2 aromatic carbocycles. The van der Waals surface area contributed by atoms with Gasteiger partial charge in [-0.05, 0) is 59.8 Å². The average Bonchev–Trinajstić information content (AvgIpc) is 2.49. The number of aryl methyl sites for hydroxylation is 1. The molecule has 1 aliphatic rings. The van der Waals surface area contributed by atoms with Crippen LogP contribution in [0.3, 0.4) is 0 Å². The minimum absolute atomic E-state index is 0.193. The van der Waals surface area contributed by atoms with Crippen LogP contribution in [0.25, 0.3) is 16.7 Å². The first-order valence-electron chi connectivity index (χ1n) is 7.01. The van der Waals surface area contributed by atoms with Gasteiger partial charge in [-0.3, -0.25) is 0 Å². The van der Waals surface area contributed by atoms with E-state index in [1.807, 2.05) is 12.1 Å². The number of hydrogen-bond donors (Lipinski definition) is 1. The fourth-order valence-electron chi connectivity index (χ4n) is 2.71. The Morgan fingerprint density at radius 2 is 1.75 bits per heavy atom. The van der Waals surface area contributed by atoms with Gasteiger partial charge in [-0.2, -0.15) is 0 Å². The molecule has 0 saturated carbocycles. The van der Waals surface area contributed by atoms with E-state index >= 15 is 0 Å². The summed E-state index contributed by atoms with van der Waals surface area (Å²) in [6.07, 6.45) is 3.35. The molecule has 0 aromatic heterocycles. The van der Waals surface area contributed by atoms with Crippen molar-refractivity contribution >= 4 is 5.57 Å². The van der Waals surface area contributed by atoms with Crippen LogP contribution in [0.5, 0.6) is 0 Å². The Labute approximate surface area is 119 Å². The third-order valence-corrected chi connectivity index (χ3v) is 3.81. The Morgan fingerprint density at radius 1 is 1.00 bits per heavy atom. The molecule has 1 N–H and O–H groups in total. The molecular formula is C18H18FN. The first-order valence-corrected chi connectivity index (χ1v) is 7.01. The maximum Gasteiger partial charge on any atom is 0.123 e. The van der Waals surface area contributed by atoms with Crippen molar-refractivity contribution in [2.75, 3.05) is 13.1 Å². The first kappa shape index (κ1) is 13.1. The van der Waals surface area contributed by atoms with Gasteiger partial charge in [-0.1, -0.05) is 36.4 Å². The summed E-state index contributed by atoms with van der Waals surface area (Å²) in [6.45, 7) is 4.14. The lowest BCUT2D eigenvalue weighted by atomic mass is 9.93. The van der Waals surface area contributed by atoms with Crippen LogP contribution in [0.2, 0.25) is 0 Å². The molecule has 0 saturated heterocycles. The number of nitrogens with one attached hydrogen (secondary N) is 1. The average molecular weight is 267 g/mol. The maximum absolute atomic E-state index is 13.0. The van der Waals surface area contributed by atoms with Crippen molar-refractivity contribution < 1.29 is 4.39 Å². The lowest BCUT2D eigenvalue weighted by molar-refractivity contribution is 0.628. The summed E-state index contributed by atoms with van der Waals surface area (Å²) in [4.78, 5) is 0. The molecule has 0 atom stereocenters. The molecule has 20 heavy (non-hydrogen) atoms. The summed E-state index contributed by atoms with van der Waals surface area (Å²) in [7, 11) is 0. The largest absolute Gasteiger partial charge is 0.313 e. The Morgan fingerprint density at radius 3 is 2.40 bits per heavy atom. The van der Waals surface area contributed by atoms with Crippen molar-refractivity contribution in [3.63, 3.8) is 0 Å². The lowest BCUT2D eigenvalue weighted by Crippen LogP contribution is -2.20. The van der Waals surface area contributed by atoms with E-state index in [1.165, 1.54) is 28.8 Å². The van der Waals surface area contributed by atoms with E-state index < -0.39 is 0 Å². The highest BCUT2D eigenvalue weighted by atomic mass is 19.1. The van der Waals surface area contributed by atoms with Gasteiger partial charge in [0.25, 0.3) is 0 Å². The highest BCUT2D eigenvalue weighted by molar-refractivity contribution is 5.73. The van der Waals surface area contributed by atoms with Crippen molar-refractivity contribution in [1.82, 2.24) is 5.32 Å². The number of hydrogen-bond acceptors (Lipinski definition) is 1. The predicted octanol–water partition coefficient (Wildman–Crippen LogP) is 4.18. The summed E-state index contributed by atoms with van der Waals surface area (Å²) in [5, 5.41) is 3.33. The Bertz CT molecular complexity index is 641. The van der Waals surface area contributed by atoms with Crippen LogP contribution >= 0.6 is 0 Å². The fourth-order valence-corrected chi connectivity index (χ4v) is 2.71. The molecule has 102 valence electrons. The van der Waals surface area contributed by atoms with Gasteiger partial charge in [0.2, 0.25) is 0 Å². The molecule has 1 aliphatic heterocycles. The van der Waals surface area contributed by atoms with Crippen LogP contribution in [0, 0.1) is 12.7 Å². The minimum atomic E-state index is -0.193. The third-order valence-electron chi connectivity index (χ3n) is 3.81. The standard InChI is InChI=1S/C18H18FN/c1-13-12-16(14-2-5-17(19)6-3-14)4-7-18(13)15-8-10-20-11-9-15/h2-8,12,20H,9-11H2,1H3. The third kappa shape index (κ3) is 2.66. The Hall–Kier alpha value is -1.93. The Kier molecular flexibility index (Phi) is 3.66. The van der Waals surface area contributed by atoms with Gasteiger partial charge < -0.3 is 5.32 Å². The highest BCUT2D eigenvalue weighted by Gasteiger charge is 2.09. The van der Waals surface area contributed by atoms with E-state index in [2.05, 4.69) is 36.5 Å². The topological polar surface area (TPSA) is 12.0 Å². The molecule has 2 heteroatoms. The summed E-state index contributed by atoms with van der Waals surface area (Å²) in [6, 6.07) is 13.2. The second kappa shape index (κ2) is 5.59. The van der Waals surface area contributed by atoms with Crippen molar-refractivity contribution in [2.45, 2.75) is 13.3 Å². The molecule has 0 radical (unpaired) electrons. The van der Waals surface area contributed by atoms with Gasteiger partial charge in [-0.25, -0.2) is 4.39 Å². The van der Waals surface area contributed by atoms with E-state index in [0.717, 1.165) is 30.6 Å². The molecule has 3 rings (SSSR count). The van der Waals surface area contributed by atoms with Crippen LogP contribution in [-0.2, 0) is 0 Å². The summed E-state index contributed by atoms with van der Waals surface area (Å²) in [5.74, 6) is -0.193. The second-order valence-electron chi connectivity index (χ2n) is 5.22. The van der Waals surface area contributed by atoms with Crippen LogP contribution in [0.1, 0.15) is 17.5 Å². The number of benzene rings is 2. The molecule has 0 spiro atoms. The maximum atomic E-state index is 13.0. The van der Waals surface area contributed by atoms with E-state index in [-0.39, 0.29) is 5.82 Å². The molecule has 0 fully saturated rings. The van der Waals surface area contributed by atoms with Crippen LogP contribution in [0.15, 0.2) is 48.5 Å². The van der Waals surface area contributed by atoms with Gasteiger partial charge in [0.05, 0.1) is 0 Å². The second-order valence-corrected chi connectivity index (χ2v) is 5.22. The number of rotatable bonds is 2. The van der Waals surface area contributed by atoms with Crippen LogP contribution in [-0.4, -0.2) is 13.1 Å². The molecule has 1 nitrogen and oxygen atoms in total. The molecule has 1 heterocycles. The Balaban J connectivity index is 1.94. The van der Waals surface area contributed by atoms with Gasteiger partial charge in [0.1, 0.15) is 5.82 Å². The van der Waals surface area contributed by atoms with Crippen molar-refractivity contribution in [3.05, 3.63) is 65.5 Å². The first-order chi connectivity index (χ1) is 9.74. The van der Waals surface area contributed by atoms with E-state index in [1.54, 1.807) is 0 Å². The van der Waals surface area contributed by atoms with E-state index in [4.69, 9.17) is 0 Å². The summed E-state index contributed by atoms with van der Waals surface area (Å²) in [5.41, 5.74) is 6.23. The zero-order chi connectivity index (χ0) is 13.9.